The number of carbonyl (C=O) groups excluding carboxylic acids is 5. The number of rotatable bonds is 10. The van der Waals surface area contributed by atoms with Crippen LogP contribution in [-0.2, 0) is 23.9 Å². The Labute approximate surface area is 247 Å². The van der Waals surface area contributed by atoms with Crippen LogP contribution in [0.1, 0.15) is 31.9 Å². The number of ether oxygens (including phenoxy) is 1. The molecule has 3 aliphatic rings. The number of β-lactam (4-membered cyclic amide) rings is 1. The van der Waals surface area contributed by atoms with Crippen molar-refractivity contribution < 1.29 is 43.1 Å². The largest absolute Gasteiger partial charge is 0.481 e. The Morgan fingerprint density at radius 2 is 1.83 bits per heavy atom. The quantitative estimate of drug-likeness (QED) is 0.164. The Balaban J connectivity index is 1.48. The van der Waals surface area contributed by atoms with Crippen molar-refractivity contribution in [1.29, 1.82) is 0 Å². The number of hydrogen-bond acceptors (Lipinski definition) is 8. The van der Waals surface area contributed by atoms with Gasteiger partial charge >= 0.3 is 24.0 Å². The van der Waals surface area contributed by atoms with Gasteiger partial charge in [-0.2, -0.15) is 0 Å². The van der Waals surface area contributed by atoms with Gasteiger partial charge in [-0.25, -0.2) is 19.3 Å². The number of quaternary nitrogens is 1. The van der Waals surface area contributed by atoms with Gasteiger partial charge in [-0.1, -0.05) is 30.3 Å². The second kappa shape index (κ2) is 11.8. The van der Waals surface area contributed by atoms with Gasteiger partial charge in [0, 0.05) is 17.8 Å². The molecule has 3 fully saturated rings. The van der Waals surface area contributed by atoms with E-state index < -0.39 is 70.2 Å². The van der Waals surface area contributed by atoms with Gasteiger partial charge in [-0.15, -0.1) is 11.8 Å². The fraction of sp³-hybridized carbons (Fsp3) is 0.556. The Kier molecular flexibility index (Phi) is 8.73. The summed E-state index contributed by atoms with van der Waals surface area (Å²) in [7, 11) is 5.56. The van der Waals surface area contributed by atoms with Crippen LogP contribution in [0, 0.1) is 0 Å². The number of benzene rings is 1. The van der Waals surface area contributed by atoms with E-state index in [1.165, 1.54) is 16.7 Å². The minimum Gasteiger partial charge on any atom is -0.481 e. The molecule has 228 valence electrons. The van der Waals surface area contributed by atoms with E-state index in [1.807, 2.05) is 21.1 Å². The smallest absolute Gasteiger partial charge is 0.330 e. The van der Waals surface area contributed by atoms with Crippen molar-refractivity contribution in [1.82, 2.24) is 25.8 Å². The highest BCUT2D eigenvalue weighted by molar-refractivity contribution is 8.01. The van der Waals surface area contributed by atoms with Gasteiger partial charge < -0.3 is 35.2 Å². The van der Waals surface area contributed by atoms with Crippen molar-refractivity contribution in [2.45, 2.75) is 54.6 Å². The average Bonchev–Trinajstić information content (AvgIpc) is 3.42. The van der Waals surface area contributed by atoms with Crippen LogP contribution >= 0.6 is 11.8 Å². The Hall–Kier alpha value is -3.85. The van der Waals surface area contributed by atoms with Crippen LogP contribution in [0.25, 0.3) is 0 Å². The summed E-state index contributed by atoms with van der Waals surface area (Å²) in [5, 5.41) is 16.6. The van der Waals surface area contributed by atoms with Gasteiger partial charge in [0.15, 0.2) is 6.10 Å². The molecule has 5 atom stereocenters. The summed E-state index contributed by atoms with van der Waals surface area (Å²) < 4.78 is 5.23. The molecular weight excluding hydrogens is 568 g/mol. The number of amides is 6. The lowest BCUT2D eigenvalue weighted by atomic mass is 9.95. The van der Waals surface area contributed by atoms with Crippen molar-refractivity contribution in [2.75, 3.05) is 40.8 Å². The van der Waals surface area contributed by atoms with E-state index in [-0.39, 0.29) is 19.5 Å². The van der Waals surface area contributed by atoms with Crippen LogP contribution in [0.2, 0.25) is 0 Å². The van der Waals surface area contributed by atoms with Gasteiger partial charge in [0.05, 0.1) is 27.6 Å². The molecule has 1 unspecified atom stereocenters. The van der Waals surface area contributed by atoms with E-state index in [2.05, 4.69) is 16.0 Å². The highest BCUT2D eigenvalue weighted by atomic mass is 32.2. The van der Waals surface area contributed by atoms with E-state index in [4.69, 9.17) is 4.74 Å². The second-order valence-electron chi connectivity index (χ2n) is 12.1. The molecule has 3 aliphatic heterocycles. The number of aliphatic carboxylic acids is 1. The minimum atomic E-state index is -1.19. The maximum atomic E-state index is 13.5. The van der Waals surface area contributed by atoms with E-state index in [9.17, 15) is 33.9 Å². The molecule has 3 saturated heterocycles. The summed E-state index contributed by atoms with van der Waals surface area (Å²) in [6, 6.07) is 3.96. The molecule has 0 aliphatic carbocycles. The van der Waals surface area contributed by atoms with Gasteiger partial charge in [-0.05, 0) is 19.4 Å². The first-order valence-corrected chi connectivity index (χ1v) is 14.4. The third kappa shape index (κ3) is 6.62. The summed E-state index contributed by atoms with van der Waals surface area (Å²) in [6.07, 6.45) is -1.27. The molecule has 0 bridgehead atoms. The van der Waals surface area contributed by atoms with Crippen LogP contribution < -0.4 is 16.0 Å². The molecule has 1 aromatic rings. The normalized spacial score (nSPS) is 24.2. The number of thioether (sulfide) groups is 1. The van der Waals surface area contributed by atoms with Crippen LogP contribution in [0.4, 0.5) is 9.59 Å². The standard InChI is InChI=1S/C27H36N6O8S/c1-27(2)20(24(38)41-16(13-17(34)35)14-33(3,4)5)32-22(37)19(23(32)42-27)29-21(36)18(15-9-7-6-8-10-15)30-26(40)31-12-11-28-25(31)39/h6-10,16,18-20,23H,11-14H2,1-5H3,(H3-,28,29,30,34,35,36,39,40)/p+1/t16?,18-,19-,20+,23-/m1/s1. The number of esters is 1. The Morgan fingerprint density at radius 3 is 2.40 bits per heavy atom. The number of carboxylic acid groups (broad SMARTS) is 1. The van der Waals surface area contributed by atoms with Crippen LogP contribution in [0.3, 0.4) is 0 Å². The third-order valence-corrected chi connectivity index (χ3v) is 8.73. The number of carboxylic acids is 1. The molecule has 6 amide bonds. The zero-order valence-electron chi connectivity index (χ0n) is 24.2. The summed E-state index contributed by atoms with van der Waals surface area (Å²) in [6.45, 7) is 4.28. The number of nitrogens with one attached hydrogen (secondary N) is 3. The second-order valence-corrected chi connectivity index (χ2v) is 13.8. The number of fused-ring (bicyclic) bond motifs is 1. The zero-order chi connectivity index (χ0) is 31.0. The predicted octanol–water partition coefficient (Wildman–Crippen LogP) is 0.102. The highest BCUT2D eigenvalue weighted by Crippen LogP contribution is 2.51. The van der Waals surface area contributed by atoms with Gasteiger partial charge in [0.25, 0.3) is 0 Å². The Bertz CT molecular complexity index is 1270. The maximum absolute atomic E-state index is 13.5. The molecule has 14 nitrogen and oxygen atoms in total. The van der Waals surface area contributed by atoms with Crippen LogP contribution in [-0.4, -0.2) is 124 Å². The molecule has 1 aromatic carbocycles. The molecule has 4 rings (SSSR count). The molecule has 0 saturated carbocycles. The summed E-state index contributed by atoms with van der Waals surface area (Å²) in [4.78, 5) is 78.7. The number of hydrogen-bond donors (Lipinski definition) is 4. The molecular formula is C27H37N6O8S+. The van der Waals surface area contributed by atoms with Crippen molar-refractivity contribution in [3.8, 4) is 0 Å². The first-order valence-electron chi connectivity index (χ1n) is 13.5. The van der Waals surface area contributed by atoms with E-state index in [1.54, 1.807) is 44.2 Å². The topological polar surface area (TPSA) is 174 Å². The minimum absolute atomic E-state index is 0.150. The maximum Gasteiger partial charge on any atom is 0.330 e. The average molecular weight is 606 g/mol. The number of urea groups is 2. The van der Waals surface area contributed by atoms with Gasteiger partial charge in [-0.3, -0.25) is 14.4 Å². The number of imide groups is 1. The van der Waals surface area contributed by atoms with Crippen LogP contribution in [0.15, 0.2) is 30.3 Å². The lowest BCUT2D eigenvalue weighted by Crippen LogP contribution is -2.71. The highest BCUT2D eigenvalue weighted by Gasteiger charge is 2.65. The molecule has 3 heterocycles. The lowest BCUT2D eigenvalue weighted by molar-refractivity contribution is -0.873. The lowest BCUT2D eigenvalue weighted by Gasteiger charge is -2.44. The Morgan fingerprint density at radius 1 is 1.17 bits per heavy atom. The first kappa shape index (κ1) is 31.1. The van der Waals surface area contributed by atoms with Crippen molar-refractivity contribution in [3.63, 3.8) is 0 Å². The molecule has 0 aromatic heterocycles. The summed E-state index contributed by atoms with van der Waals surface area (Å²) in [5.74, 6) is -2.95. The summed E-state index contributed by atoms with van der Waals surface area (Å²) in [5.41, 5.74) is 0.453. The van der Waals surface area contributed by atoms with E-state index >= 15 is 0 Å². The number of nitrogens with zero attached hydrogens (tertiary/aromatic N) is 3. The zero-order valence-corrected chi connectivity index (χ0v) is 25.0. The molecule has 15 heteroatoms. The van der Waals surface area contributed by atoms with Crippen molar-refractivity contribution >= 4 is 47.6 Å². The molecule has 4 N–H and O–H groups in total. The SMILES string of the molecule is CC1(C)S[C@@H]2[C@H](NC(=O)[C@H](NC(=O)N3CCNC3=O)c3ccccc3)C(=O)N2[C@H]1C(=O)OC(CC(=O)O)C[N+](C)(C)C. The summed E-state index contributed by atoms with van der Waals surface area (Å²) >= 11 is 1.32. The fourth-order valence-corrected chi connectivity index (χ4v) is 6.97. The molecule has 0 spiro atoms. The third-order valence-electron chi connectivity index (χ3n) is 7.16. The fourth-order valence-electron chi connectivity index (χ4n) is 5.35. The first-order chi connectivity index (χ1) is 19.6. The monoisotopic (exact) mass is 605 g/mol. The molecule has 0 radical (unpaired) electrons. The van der Waals surface area contributed by atoms with Crippen molar-refractivity contribution in [2.24, 2.45) is 0 Å². The van der Waals surface area contributed by atoms with Crippen LogP contribution in [0.5, 0.6) is 0 Å². The van der Waals surface area contributed by atoms with Gasteiger partial charge in [0.2, 0.25) is 11.8 Å². The van der Waals surface area contributed by atoms with Crippen molar-refractivity contribution in [3.05, 3.63) is 35.9 Å². The van der Waals surface area contributed by atoms with Gasteiger partial charge in [0.1, 0.15) is 30.0 Å². The predicted molar refractivity (Wildman–Crippen MR) is 151 cm³/mol. The molecule has 42 heavy (non-hydrogen) atoms. The number of carbonyl (C=O) groups is 6. The van der Waals surface area contributed by atoms with E-state index in [0.717, 1.165) is 4.90 Å². The number of likely N-dealkylation sites (N-methyl/N-ethyl adjacent to an activating group) is 1. The van der Waals surface area contributed by atoms with E-state index in [0.29, 0.717) is 16.6 Å².